The van der Waals surface area contributed by atoms with Crippen LogP contribution in [0.2, 0.25) is 0 Å². The van der Waals surface area contributed by atoms with E-state index in [9.17, 15) is 24.6 Å². The van der Waals surface area contributed by atoms with Gasteiger partial charge in [-0.1, -0.05) is 12.1 Å². The van der Waals surface area contributed by atoms with E-state index in [1.54, 1.807) is 12.1 Å². The van der Waals surface area contributed by atoms with Gasteiger partial charge in [-0.05, 0) is 49.0 Å². The second-order valence-corrected chi connectivity index (χ2v) is 8.15. The van der Waals surface area contributed by atoms with Gasteiger partial charge in [0.25, 0.3) is 0 Å². The van der Waals surface area contributed by atoms with Crippen molar-refractivity contribution < 1.29 is 24.6 Å². The van der Waals surface area contributed by atoms with Gasteiger partial charge in [-0.3, -0.25) is 14.6 Å². The molecular formula is C20H32N6O5S. The number of carboxylic acids is 1. The number of nitrogens with one attached hydrogen (secondary N) is 2. The Morgan fingerprint density at radius 3 is 2.25 bits per heavy atom. The third-order valence-electron chi connectivity index (χ3n) is 4.54. The predicted molar refractivity (Wildman–Crippen MR) is 124 cm³/mol. The number of carboxylic acid groups (broad SMARTS) is 1. The molecule has 3 atom stereocenters. The first-order valence-corrected chi connectivity index (χ1v) is 11.4. The fourth-order valence-corrected chi connectivity index (χ4v) is 3.24. The summed E-state index contributed by atoms with van der Waals surface area (Å²) < 4.78 is 0. The lowest BCUT2D eigenvalue weighted by Gasteiger charge is -2.23. The number of amides is 2. The van der Waals surface area contributed by atoms with Crippen LogP contribution in [0.15, 0.2) is 29.3 Å². The average Bonchev–Trinajstić information content (AvgIpc) is 2.74. The number of nitrogens with two attached hydrogens (primary N) is 3. The third-order valence-corrected chi connectivity index (χ3v) is 5.18. The number of hydrogen-bond donors (Lipinski definition) is 7. The molecule has 0 saturated carbocycles. The van der Waals surface area contributed by atoms with E-state index < -0.39 is 35.9 Å². The zero-order valence-electron chi connectivity index (χ0n) is 18.0. The molecule has 0 spiro atoms. The van der Waals surface area contributed by atoms with Gasteiger partial charge < -0.3 is 38.0 Å². The summed E-state index contributed by atoms with van der Waals surface area (Å²) in [6.45, 7) is 0.316. The molecular weight excluding hydrogens is 436 g/mol. The molecule has 0 heterocycles. The Balaban J connectivity index is 2.87. The molecule has 1 rings (SSSR count). The molecule has 0 fully saturated rings. The summed E-state index contributed by atoms with van der Waals surface area (Å²) in [7, 11) is 0. The number of aromatic hydroxyl groups is 1. The lowest BCUT2D eigenvalue weighted by atomic mass is 10.0. The summed E-state index contributed by atoms with van der Waals surface area (Å²) in [6.07, 6.45) is 2.93. The number of carbonyl (C=O) groups excluding carboxylic acids is 2. The largest absolute Gasteiger partial charge is 0.508 e. The highest BCUT2D eigenvalue weighted by atomic mass is 32.2. The van der Waals surface area contributed by atoms with Crippen LogP contribution >= 0.6 is 11.8 Å². The van der Waals surface area contributed by atoms with Crippen molar-refractivity contribution in [3.05, 3.63) is 29.8 Å². The number of phenolic OH excluding ortho intramolecular Hbond substituents is 1. The van der Waals surface area contributed by atoms with Crippen LogP contribution in [0.3, 0.4) is 0 Å². The lowest BCUT2D eigenvalue weighted by molar-refractivity contribution is -0.142. The lowest BCUT2D eigenvalue weighted by Crippen LogP contribution is -2.55. The van der Waals surface area contributed by atoms with Crippen LogP contribution in [0.25, 0.3) is 0 Å². The van der Waals surface area contributed by atoms with Gasteiger partial charge in [-0.25, -0.2) is 4.79 Å². The molecule has 11 nitrogen and oxygen atoms in total. The summed E-state index contributed by atoms with van der Waals surface area (Å²) in [6, 6.07) is 3.11. The number of hydrogen-bond acceptors (Lipinski definition) is 7. The maximum absolute atomic E-state index is 12.9. The van der Waals surface area contributed by atoms with E-state index in [-0.39, 0.29) is 24.6 Å². The monoisotopic (exact) mass is 468 g/mol. The topological polar surface area (TPSA) is 206 Å². The van der Waals surface area contributed by atoms with Crippen LogP contribution in [0.4, 0.5) is 0 Å². The quantitative estimate of drug-likeness (QED) is 0.103. The molecule has 1 aromatic rings. The highest BCUT2D eigenvalue weighted by Crippen LogP contribution is 2.12. The number of rotatable bonds is 14. The molecule has 0 saturated heterocycles. The molecule has 0 bridgehead atoms. The maximum atomic E-state index is 12.9. The molecule has 32 heavy (non-hydrogen) atoms. The van der Waals surface area contributed by atoms with Gasteiger partial charge >= 0.3 is 5.97 Å². The number of aliphatic imine (C=N–C) groups is 1. The van der Waals surface area contributed by atoms with Gasteiger partial charge in [0.15, 0.2) is 5.96 Å². The molecule has 0 aliphatic rings. The van der Waals surface area contributed by atoms with E-state index in [0.717, 1.165) is 0 Å². The molecule has 0 aromatic heterocycles. The molecule has 178 valence electrons. The Morgan fingerprint density at radius 1 is 1.06 bits per heavy atom. The average molecular weight is 469 g/mol. The number of carbonyl (C=O) groups is 3. The number of benzene rings is 1. The van der Waals surface area contributed by atoms with Gasteiger partial charge in [-0.15, -0.1) is 0 Å². The fourth-order valence-electron chi connectivity index (χ4n) is 2.77. The van der Waals surface area contributed by atoms with Crippen molar-refractivity contribution in [2.45, 2.75) is 43.8 Å². The molecule has 0 aliphatic heterocycles. The van der Waals surface area contributed by atoms with Crippen molar-refractivity contribution >= 4 is 35.5 Å². The van der Waals surface area contributed by atoms with Crippen LogP contribution in [0.1, 0.15) is 24.8 Å². The first kappa shape index (κ1) is 27.0. The second-order valence-electron chi connectivity index (χ2n) is 7.17. The molecule has 10 N–H and O–H groups in total. The van der Waals surface area contributed by atoms with E-state index in [2.05, 4.69) is 15.6 Å². The summed E-state index contributed by atoms with van der Waals surface area (Å²) in [5.41, 5.74) is 17.1. The maximum Gasteiger partial charge on any atom is 0.326 e. The third kappa shape index (κ3) is 10.4. The number of nitrogens with zero attached hydrogens (tertiary/aromatic N) is 1. The van der Waals surface area contributed by atoms with Gasteiger partial charge in [0.2, 0.25) is 11.8 Å². The van der Waals surface area contributed by atoms with Crippen molar-refractivity contribution in [3.63, 3.8) is 0 Å². The number of guanidine groups is 1. The molecule has 0 aliphatic carbocycles. The van der Waals surface area contributed by atoms with Crippen molar-refractivity contribution in [2.24, 2.45) is 22.2 Å². The Hall–Kier alpha value is -2.99. The molecule has 0 radical (unpaired) electrons. The highest BCUT2D eigenvalue weighted by molar-refractivity contribution is 7.98. The second kappa shape index (κ2) is 14.1. The van der Waals surface area contributed by atoms with Crippen molar-refractivity contribution in [1.82, 2.24) is 10.6 Å². The predicted octanol–water partition coefficient (Wildman–Crippen LogP) is -0.877. The van der Waals surface area contributed by atoms with Gasteiger partial charge in [-0.2, -0.15) is 11.8 Å². The van der Waals surface area contributed by atoms with E-state index in [0.29, 0.717) is 30.7 Å². The number of aliphatic carboxylic acids is 1. The van der Waals surface area contributed by atoms with E-state index in [4.69, 9.17) is 17.2 Å². The fraction of sp³-hybridized carbons (Fsp3) is 0.500. The molecule has 2 amide bonds. The Kier molecular flexibility index (Phi) is 12.0. The number of thioether (sulfide) groups is 1. The van der Waals surface area contributed by atoms with Crippen LogP contribution in [0.5, 0.6) is 5.75 Å². The molecule has 1 aromatic carbocycles. The summed E-state index contributed by atoms with van der Waals surface area (Å²) in [4.78, 5) is 40.7. The normalized spacial score (nSPS) is 13.4. The van der Waals surface area contributed by atoms with Crippen LogP contribution in [-0.4, -0.2) is 70.6 Å². The van der Waals surface area contributed by atoms with Crippen LogP contribution in [-0.2, 0) is 20.8 Å². The minimum absolute atomic E-state index is 0.0527. The van der Waals surface area contributed by atoms with Crippen LogP contribution < -0.4 is 27.8 Å². The van der Waals surface area contributed by atoms with Crippen molar-refractivity contribution in [3.8, 4) is 5.75 Å². The minimum atomic E-state index is -1.15. The first-order valence-electron chi connectivity index (χ1n) is 10.1. The Bertz CT molecular complexity index is 785. The Morgan fingerprint density at radius 2 is 1.69 bits per heavy atom. The summed E-state index contributed by atoms with van der Waals surface area (Å²) in [5, 5.41) is 24.0. The summed E-state index contributed by atoms with van der Waals surface area (Å²) >= 11 is 1.46. The number of phenols is 1. The zero-order chi connectivity index (χ0) is 24.1. The van der Waals surface area contributed by atoms with Gasteiger partial charge in [0, 0.05) is 13.0 Å². The highest BCUT2D eigenvalue weighted by Gasteiger charge is 2.28. The molecule has 12 heteroatoms. The van der Waals surface area contributed by atoms with Crippen molar-refractivity contribution in [2.75, 3.05) is 18.6 Å². The van der Waals surface area contributed by atoms with Gasteiger partial charge in [0.1, 0.15) is 17.8 Å². The van der Waals surface area contributed by atoms with Crippen LogP contribution in [0, 0.1) is 0 Å². The summed E-state index contributed by atoms with van der Waals surface area (Å²) in [5.74, 6) is -1.78. The molecule has 0 unspecified atom stereocenters. The van der Waals surface area contributed by atoms with Crippen molar-refractivity contribution in [1.29, 1.82) is 0 Å². The first-order chi connectivity index (χ1) is 15.1. The van der Waals surface area contributed by atoms with E-state index in [1.807, 2.05) is 6.26 Å². The SMILES string of the molecule is CSCC[C@H](NC(=O)[C@H](Cc1ccc(O)cc1)NC(=O)[C@@H](N)CCCN=C(N)N)C(=O)O. The standard InChI is InChI=1S/C20H32N6O5S/c1-32-10-8-15(19(30)31)25-18(29)16(11-12-4-6-13(27)7-5-12)26-17(28)14(21)3-2-9-24-20(22)23/h4-7,14-16,27H,2-3,8-11,21H2,1H3,(H,25,29)(H,26,28)(H,30,31)(H4,22,23,24)/t14-,15-,16-/m0/s1. The van der Waals surface area contributed by atoms with E-state index >= 15 is 0 Å². The van der Waals surface area contributed by atoms with E-state index in [1.165, 1.54) is 23.9 Å². The minimum Gasteiger partial charge on any atom is -0.508 e. The zero-order valence-corrected chi connectivity index (χ0v) is 18.8. The van der Waals surface area contributed by atoms with Gasteiger partial charge in [0.05, 0.1) is 6.04 Å². The Labute approximate surface area is 191 Å². The smallest absolute Gasteiger partial charge is 0.326 e.